The zero-order valence-corrected chi connectivity index (χ0v) is 17.8. The van der Waals surface area contributed by atoms with E-state index >= 15 is 0 Å². The van der Waals surface area contributed by atoms with E-state index in [1.807, 2.05) is 6.07 Å². The molecule has 1 saturated heterocycles. The molecule has 0 atom stereocenters. The Morgan fingerprint density at radius 1 is 1.22 bits per heavy atom. The highest BCUT2D eigenvalue weighted by molar-refractivity contribution is 5.93. The van der Waals surface area contributed by atoms with Crippen LogP contribution in [0.2, 0.25) is 0 Å². The van der Waals surface area contributed by atoms with Crippen LogP contribution in [-0.2, 0) is 4.74 Å². The molecule has 166 valence electrons. The van der Waals surface area contributed by atoms with Gasteiger partial charge in [0, 0.05) is 31.1 Å². The maximum atomic E-state index is 14.0. The molecule has 1 aliphatic rings. The van der Waals surface area contributed by atoms with Crippen LogP contribution in [0.4, 0.5) is 15.9 Å². The Hall–Kier alpha value is -3.48. The first-order chi connectivity index (χ1) is 15.7. The van der Waals surface area contributed by atoms with E-state index in [1.54, 1.807) is 25.3 Å². The highest BCUT2D eigenvalue weighted by atomic mass is 19.1. The van der Waals surface area contributed by atoms with Gasteiger partial charge in [0.2, 0.25) is 0 Å². The van der Waals surface area contributed by atoms with E-state index in [1.165, 1.54) is 18.5 Å². The van der Waals surface area contributed by atoms with E-state index in [4.69, 9.17) is 14.2 Å². The summed E-state index contributed by atoms with van der Waals surface area (Å²) in [4.78, 5) is 11.0. The SMILES string of the molecule is COc1cc2c(Nc3cccc(F)c3C#N)ncnc2cc1OCCCN1CCOCC1. The zero-order chi connectivity index (χ0) is 22.3. The molecule has 0 radical (unpaired) electrons. The average molecular weight is 437 g/mol. The van der Waals surface area contributed by atoms with Crippen molar-refractivity contribution in [1.82, 2.24) is 14.9 Å². The minimum atomic E-state index is -0.596. The number of anilines is 2. The molecule has 0 bridgehead atoms. The van der Waals surface area contributed by atoms with Crippen molar-refractivity contribution in [2.45, 2.75) is 6.42 Å². The summed E-state index contributed by atoms with van der Waals surface area (Å²) in [6, 6.07) is 9.86. The van der Waals surface area contributed by atoms with Crippen molar-refractivity contribution in [3.63, 3.8) is 0 Å². The van der Waals surface area contributed by atoms with Gasteiger partial charge in [0.1, 0.15) is 29.6 Å². The lowest BCUT2D eigenvalue weighted by atomic mass is 10.1. The van der Waals surface area contributed by atoms with Gasteiger partial charge in [-0.25, -0.2) is 14.4 Å². The zero-order valence-electron chi connectivity index (χ0n) is 17.8. The van der Waals surface area contributed by atoms with Gasteiger partial charge in [0.25, 0.3) is 0 Å². The predicted octanol–water partition coefficient (Wildman–Crippen LogP) is 3.49. The minimum Gasteiger partial charge on any atom is -0.493 e. The van der Waals surface area contributed by atoms with Crippen LogP contribution in [0.3, 0.4) is 0 Å². The van der Waals surface area contributed by atoms with E-state index < -0.39 is 5.82 Å². The third kappa shape index (κ3) is 4.88. The second-order valence-electron chi connectivity index (χ2n) is 7.30. The van der Waals surface area contributed by atoms with Gasteiger partial charge in [0.15, 0.2) is 11.5 Å². The number of nitriles is 1. The van der Waals surface area contributed by atoms with Crippen LogP contribution in [0.15, 0.2) is 36.7 Å². The molecule has 1 aliphatic heterocycles. The summed E-state index contributed by atoms with van der Waals surface area (Å²) < 4.78 is 30.8. The fraction of sp³-hybridized carbons (Fsp3) is 0.348. The molecule has 0 amide bonds. The van der Waals surface area contributed by atoms with Crippen LogP contribution in [0.5, 0.6) is 11.5 Å². The molecule has 0 saturated carbocycles. The van der Waals surface area contributed by atoms with Crippen LogP contribution in [-0.4, -0.2) is 61.4 Å². The van der Waals surface area contributed by atoms with Crippen LogP contribution < -0.4 is 14.8 Å². The molecule has 1 N–H and O–H groups in total. The van der Waals surface area contributed by atoms with E-state index in [0.29, 0.717) is 40.5 Å². The molecule has 2 heterocycles. The number of ether oxygens (including phenoxy) is 3. The Kier molecular flexibility index (Phi) is 6.94. The Balaban J connectivity index is 1.52. The molecular formula is C23H24FN5O3. The number of rotatable bonds is 8. The van der Waals surface area contributed by atoms with Gasteiger partial charge in [-0.15, -0.1) is 0 Å². The molecule has 3 aromatic rings. The van der Waals surface area contributed by atoms with Crippen molar-refractivity contribution in [3.8, 4) is 17.6 Å². The normalized spacial score (nSPS) is 14.2. The molecule has 0 unspecified atom stereocenters. The first kappa shape index (κ1) is 21.7. The number of aromatic nitrogens is 2. The lowest BCUT2D eigenvalue weighted by Gasteiger charge is -2.26. The van der Waals surface area contributed by atoms with Gasteiger partial charge in [-0.3, -0.25) is 4.90 Å². The second kappa shape index (κ2) is 10.2. The van der Waals surface area contributed by atoms with E-state index in [2.05, 4.69) is 20.2 Å². The molecule has 0 aliphatic carbocycles. The van der Waals surface area contributed by atoms with Crippen molar-refractivity contribution in [1.29, 1.82) is 5.26 Å². The Labute approximate surface area is 185 Å². The van der Waals surface area contributed by atoms with Gasteiger partial charge >= 0.3 is 0 Å². The number of nitrogens with zero attached hydrogens (tertiary/aromatic N) is 4. The monoisotopic (exact) mass is 437 g/mol. The first-order valence-electron chi connectivity index (χ1n) is 10.4. The summed E-state index contributed by atoms with van der Waals surface area (Å²) in [6.45, 7) is 4.95. The molecule has 1 aromatic heterocycles. The molecule has 0 spiro atoms. The maximum Gasteiger partial charge on any atom is 0.163 e. The molecule has 1 fully saturated rings. The fourth-order valence-electron chi connectivity index (χ4n) is 3.60. The minimum absolute atomic E-state index is 0.0774. The molecule has 8 nitrogen and oxygen atoms in total. The topological polar surface area (TPSA) is 92.5 Å². The van der Waals surface area contributed by atoms with E-state index in [0.717, 1.165) is 39.3 Å². The quantitative estimate of drug-likeness (QED) is 0.536. The predicted molar refractivity (Wildman–Crippen MR) is 118 cm³/mol. The number of fused-ring (bicyclic) bond motifs is 1. The number of benzene rings is 2. The second-order valence-corrected chi connectivity index (χ2v) is 7.30. The van der Waals surface area contributed by atoms with Crippen molar-refractivity contribution in [3.05, 3.63) is 48.0 Å². The average Bonchev–Trinajstić information content (AvgIpc) is 2.82. The summed E-state index contributed by atoms with van der Waals surface area (Å²) in [5, 5.41) is 13.0. The number of methoxy groups -OCH3 is 1. The maximum absolute atomic E-state index is 14.0. The van der Waals surface area contributed by atoms with Gasteiger partial charge < -0.3 is 19.5 Å². The summed E-state index contributed by atoms with van der Waals surface area (Å²) >= 11 is 0. The largest absolute Gasteiger partial charge is 0.493 e. The van der Waals surface area contributed by atoms with Gasteiger partial charge in [-0.05, 0) is 24.6 Å². The standard InChI is InChI=1S/C23H24FN5O3/c1-30-21-12-16-20(13-22(21)32-9-3-6-29-7-10-31-11-8-29)26-15-27-23(16)28-19-5-2-4-18(24)17(19)14-25/h2,4-5,12-13,15H,3,6-11H2,1H3,(H,26,27,28). The van der Waals surface area contributed by atoms with Crippen molar-refractivity contribution >= 4 is 22.4 Å². The first-order valence-corrected chi connectivity index (χ1v) is 10.4. The van der Waals surface area contributed by atoms with E-state index in [-0.39, 0.29) is 5.56 Å². The summed E-state index contributed by atoms with van der Waals surface area (Å²) in [7, 11) is 1.57. The van der Waals surface area contributed by atoms with Gasteiger partial charge in [0.05, 0.1) is 38.1 Å². The van der Waals surface area contributed by atoms with Crippen LogP contribution in [0.25, 0.3) is 10.9 Å². The lowest BCUT2D eigenvalue weighted by molar-refractivity contribution is 0.0357. The molecular weight excluding hydrogens is 413 g/mol. The number of hydrogen-bond donors (Lipinski definition) is 1. The molecule has 4 rings (SSSR count). The van der Waals surface area contributed by atoms with E-state index in [9.17, 15) is 9.65 Å². The molecule has 32 heavy (non-hydrogen) atoms. The van der Waals surface area contributed by atoms with Crippen molar-refractivity contribution < 1.29 is 18.6 Å². The number of halogens is 1. The summed E-state index contributed by atoms with van der Waals surface area (Å²) in [6.07, 6.45) is 2.29. The number of morpholine rings is 1. The van der Waals surface area contributed by atoms with Crippen molar-refractivity contribution in [2.24, 2.45) is 0 Å². The Bertz CT molecular complexity index is 1130. The molecule has 2 aromatic carbocycles. The summed E-state index contributed by atoms with van der Waals surface area (Å²) in [5.74, 6) is 0.979. The molecule has 9 heteroatoms. The van der Waals surface area contributed by atoms with Gasteiger partial charge in [-0.2, -0.15) is 5.26 Å². The Morgan fingerprint density at radius 3 is 2.84 bits per heavy atom. The van der Waals surface area contributed by atoms with Gasteiger partial charge in [-0.1, -0.05) is 6.07 Å². The number of hydrogen-bond acceptors (Lipinski definition) is 8. The summed E-state index contributed by atoms with van der Waals surface area (Å²) in [5.41, 5.74) is 0.891. The highest BCUT2D eigenvalue weighted by Crippen LogP contribution is 2.35. The lowest BCUT2D eigenvalue weighted by Crippen LogP contribution is -2.37. The highest BCUT2D eigenvalue weighted by Gasteiger charge is 2.15. The van der Waals surface area contributed by atoms with Crippen LogP contribution in [0, 0.1) is 17.1 Å². The van der Waals surface area contributed by atoms with Crippen molar-refractivity contribution in [2.75, 3.05) is 51.9 Å². The third-order valence-corrected chi connectivity index (χ3v) is 5.28. The third-order valence-electron chi connectivity index (χ3n) is 5.28. The van der Waals surface area contributed by atoms with Crippen LogP contribution in [0.1, 0.15) is 12.0 Å². The van der Waals surface area contributed by atoms with Crippen LogP contribution >= 0.6 is 0 Å². The Morgan fingerprint density at radius 2 is 2.06 bits per heavy atom. The number of nitrogens with one attached hydrogen (secondary N) is 1. The smallest absolute Gasteiger partial charge is 0.163 e. The fourth-order valence-corrected chi connectivity index (χ4v) is 3.60.